The average molecular weight is 196 g/mol. The van der Waals surface area contributed by atoms with Gasteiger partial charge in [0.25, 0.3) is 0 Å². The number of aromatic hydroxyl groups is 1. The van der Waals surface area contributed by atoms with Gasteiger partial charge >= 0.3 is 0 Å². The predicted molar refractivity (Wildman–Crippen MR) is 51.7 cm³/mol. The van der Waals surface area contributed by atoms with Gasteiger partial charge in [-0.2, -0.15) is 0 Å². The molecule has 2 atom stereocenters. The normalized spacial score (nSPS) is 26.7. The summed E-state index contributed by atoms with van der Waals surface area (Å²) in [4.78, 5) is 0. The lowest BCUT2D eigenvalue weighted by atomic mass is 9.94. The van der Waals surface area contributed by atoms with Crippen LogP contribution in [0.3, 0.4) is 0 Å². The summed E-state index contributed by atoms with van der Waals surface area (Å²) in [7, 11) is 0. The zero-order valence-corrected chi connectivity index (χ0v) is 7.70. The first-order valence-electron chi connectivity index (χ1n) is 4.63. The molecule has 3 nitrogen and oxygen atoms in total. The second-order valence-corrected chi connectivity index (χ2v) is 3.63. The van der Waals surface area contributed by atoms with Crippen molar-refractivity contribution < 1.29 is 9.50 Å². The number of rotatable bonds is 1. The van der Waals surface area contributed by atoms with Crippen molar-refractivity contribution in [1.82, 2.24) is 5.32 Å². The van der Waals surface area contributed by atoms with Crippen molar-refractivity contribution in [3.05, 3.63) is 29.6 Å². The van der Waals surface area contributed by atoms with Crippen molar-refractivity contribution in [3.8, 4) is 5.75 Å². The molecule has 14 heavy (non-hydrogen) atoms. The summed E-state index contributed by atoms with van der Waals surface area (Å²) in [5.74, 6) is -0.351. The van der Waals surface area contributed by atoms with Crippen LogP contribution in [-0.2, 0) is 0 Å². The fraction of sp³-hybridized carbons (Fsp3) is 0.400. The van der Waals surface area contributed by atoms with Gasteiger partial charge in [-0.1, -0.05) is 6.07 Å². The highest BCUT2D eigenvalue weighted by Crippen LogP contribution is 2.29. The van der Waals surface area contributed by atoms with Crippen LogP contribution in [0.25, 0.3) is 0 Å². The number of hydrogen-bond donors (Lipinski definition) is 3. The van der Waals surface area contributed by atoms with Gasteiger partial charge in [0.05, 0.1) is 0 Å². The van der Waals surface area contributed by atoms with Gasteiger partial charge in [0.15, 0.2) is 0 Å². The highest BCUT2D eigenvalue weighted by atomic mass is 19.1. The maximum absolute atomic E-state index is 12.7. The Morgan fingerprint density at radius 2 is 2.21 bits per heavy atom. The van der Waals surface area contributed by atoms with Crippen LogP contribution < -0.4 is 11.1 Å². The van der Waals surface area contributed by atoms with E-state index >= 15 is 0 Å². The molecule has 2 rings (SSSR count). The highest BCUT2D eigenvalue weighted by Gasteiger charge is 2.27. The summed E-state index contributed by atoms with van der Waals surface area (Å²) in [6, 6.07) is 4.06. The van der Waals surface area contributed by atoms with Crippen molar-refractivity contribution in [2.75, 3.05) is 13.1 Å². The molecule has 1 aromatic rings. The minimum Gasteiger partial charge on any atom is -0.508 e. The van der Waals surface area contributed by atoms with Gasteiger partial charge in [-0.05, 0) is 6.07 Å². The van der Waals surface area contributed by atoms with Crippen molar-refractivity contribution in [2.45, 2.75) is 12.0 Å². The third-order valence-corrected chi connectivity index (χ3v) is 2.65. The molecular formula is C10H13FN2O. The molecule has 1 aromatic carbocycles. The third-order valence-electron chi connectivity index (χ3n) is 2.65. The number of phenols is 1. The molecule has 0 saturated carbocycles. The van der Waals surface area contributed by atoms with Gasteiger partial charge in [-0.3, -0.25) is 0 Å². The molecule has 4 heteroatoms. The Morgan fingerprint density at radius 1 is 1.43 bits per heavy atom. The maximum Gasteiger partial charge on any atom is 0.126 e. The second-order valence-electron chi connectivity index (χ2n) is 3.63. The minimum absolute atomic E-state index is 0.00542. The molecule has 0 aliphatic carbocycles. The fourth-order valence-electron chi connectivity index (χ4n) is 1.87. The zero-order chi connectivity index (χ0) is 10.1. The predicted octanol–water partition coefficient (Wildman–Crippen LogP) is 0.545. The smallest absolute Gasteiger partial charge is 0.126 e. The quantitative estimate of drug-likeness (QED) is 0.614. The van der Waals surface area contributed by atoms with E-state index in [0.717, 1.165) is 24.7 Å². The molecular weight excluding hydrogens is 183 g/mol. The van der Waals surface area contributed by atoms with Crippen LogP contribution in [0.4, 0.5) is 4.39 Å². The van der Waals surface area contributed by atoms with Crippen LogP contribution in [0, 0.1) is 5.82 Å². The molecule has 0 amide bonds. The van der Waals surface area contributed by atoms with E-state index in [1.807, 2.05) is 0 Å². The Hall–Kier alpha value is -1.13. The lowest BCUT2D eigenvalue weighted by Gasteiger charge is -2.15. The molecule has 0 aromatic heterocycles. The van der Waals surface area contributed by atoms with Crippen LogP contribution in [0.15, 0.2) is 18.2 Å². The first-order chi connectivity index (χ1) is 6.68. The maximum atomic E-state index is 12.7. The number of halogens is 1. The van der Waals surface area contributed by atoms with E-state index in [2.05, 4.69) is 5.32 Å². The largest absolute Gasteiger partial charge is 0.508 e. The summed E-state index contributed by atoms with van der Waals surface area (Å²) in [5, 5.41) is 12.7. The molecule has 1 aliphatic heterocycles. The molecule has 1 aliphatic rings. The minimum atomic E-state index is -0.425. The first kappa shape index (κ1) is 9.43. The summed E-state index contributed by atoms with van der Waals surface area (Å²) in [6.45, 7) is 1.47. The Balaban J connectivity index is 2.31. The van der Waals surface area contributed by atoms with Crippen LogP contribution in [0.5, 0.6) is 5.75 Å². The third kappa shape index (κ3) is 1.58. The number of phenolic OH excluding ortho intramolecular Hbond substituents is 1. The van der Waals surface area contributed by atoms with Gasteiger partial charge in [0, 0.05) is 36.7 Å². The van der Waals surface area contributed by atoms with E-state index in [1.165, 1.54) is 6.07 Å². The van der Waals surface area contributed by atoms with E-state index in [0.29, 0.717) is 0 Å². The van der Waals surface area contributed by atoms with E-state index in [9.17, 15) is 9.50 Å². The lowest BCUT2D eigenvalue weighted by Crippen LogP contribution is -2.27. The highest BCUT2D eigenvalue weighted by molar-refractivity contribution is 5.37. The number of nitrogens with one attached hydrogen (secondary N) is 1. The molecule has 1 fully saturated rings. The average Bonchev–Trinajstić information content (AvgIpc) is 2.52. The molecule has 2 unspecified atom stereocenters. The Bertz CT molecular complexity index is 343. The first-order valence-corrected chi connectivity index (χ1v) is 4.63. The van der Waals surface area contributed by atoms with Gasteiger partial charge in [-0.25, -0.2) is 4.39 Å². The summed E-state index contributed by atoms with van der Waals surface area (Å²) < 4.78 is 12.7. The molecule has 4 N–H and O–H groups in total. The molecule has 1 saturated heterocycles. The fourth-order valence-corrected chi connectivity index (χ4v) is 1.87. The summed E-state index contributed by atoms with van der Waals surface area (Å²) >= 11 is 0. The Morgan fingerprint density at radius 3 is 2.79 bits per heavy atom. The van der Waals surface area contributed by atoms with Crippen molar-refractivity contribution in [3.63, 3.8) is 0 Å². The topological polar surface area (TPSA) is 58.3 Å². The summed E-state index contributed by atoms with van der Waals surface area (Å²) in [6.07, 6.45) is 0. The number of benzene rings is 1. The van der Waals surface area contributed by atoms with Crippen molar-refractivity contribution in [2.24, 2.45) is 5.73 Å². The van der Waals surface area contributed by atoms with Gasteiger partial charge in [0.2, 0.25) is 0 Å². The second kappa shape index (κ2) is 3.55. The molecule has 0 spiro atoms. The van der Waals surface area contributed by atoms with Crippen molar-refractivity contribution in [1.29, 1.82) is 0 Å². The number of hydrogen-bond acceptors (Lipinski definition) is 3. The Labute approximate surface area is 81.7 Å². The monoisotopic (exact) mass is 196 g/mol. The van der Waals surface area contributed by atoms with Gasteiger partial charge in [-0.15, -0.1) is 0 Å². The zero-order valence-electron chi connectivity index (χ0n) is 7.70. The van der Waals surface area contributed by atoms with E-state index < -0.39 is 5.82 Å². The van der Waals surface area contributed by atoms with Crippen LogP contribution >= 0.6 is 0 Å². The molecule has 1 heterocycles. The molecule has 0 radical (unpaired) electrons. The van der Waals surface area contributed by atoms with E-state index in [1.54, 1.807) is 6.07 Å². The van der Waals surface area contributed by atoms with Gasteiger partial charge in [0.1, 0.15) is 11.6 Å². The lowest BCUT2D eigenvalue weighted by molar-refractivity contribution is 0.453. The SMILES string of the molecule is NC1CNCC1c1ccc(F)cc1O. The summed E-state index contributed by atoms with van der Waals surface area (Å²) in [5.41, 5.74) is 6.58. The van der Waals surface area contributed by atoms with E-state index in [-0.39, 0.29) is 17.7 Å². The van der Waals surface area contributed by atoms with E-state index in [4.69, 9.17) is 5.73 Å². The standard InChI is InChI=1S/C10H13FN2O/c11-6-1-2-7(10(14)3-6)8-4-13-5-9(8)12/h1-3,8-9,13-14H,4-5,12H2. The van der Waals surface area contributed by atoms with Crippen LogP contribution in [-0.4, -0.2) is 24.2 Å². The number of nitrogens with two attached hydrogens (primary N) is 1. The van der Waals surface area contributed by atoms with Crippen LogP contribution in [0.1, 0.15) is 11.5 Å². The Kier molecular flexibility index (Phi) is 2.39. The molecule has 0 bridgehead atoms. The molecule has 76 valence electrons. The van der Waals surface area contributed by atoms with Crippen LogP contribution in [0.2, 0.25) is 0 Å². The van der Waals surface area contributed by atoms with Gasteiger partial charge < -0.3 is 16.2 Å². The van der Waals surface area contributed by atoms with Crippen molar-refractivity contribution >= 4 is 0 Å².